The van der Waals surface area contributed by atoms with Crippen LogP contribution in [0, 0.1) is 6.92 Å². The second kappa shape index (κ2) is 6.90. The highest BCUT2D eigenvalue weighted by Crippen LogP contribution is 2.15. The Morgan fingerprint density at radius 3 is 2.90 bits per heavy atom. The Kier molecular flexibility index (Phi) is 5.19. The number of rotatable bonds is 6. The van der Waals surface area contributed by atoms with E-state index in [4.69, 9.17) is 0 Å². The van der Waals surface area contributed by atoms with E-state index in [-0.39, 0.29) is 5.91 Å². The fourth-order valence-electron chi connectivity index (χ4n) is 1.85. The minimum absolute atomic E-state index is 0.0599. The standard InChI is InChI=1S/C13H18N4OS2/c1-9-11(20-8-16-9)4-5-12(18)14-6-10-7-15-13(19-3)17(10)2/h7-8H,4-6H2,1-3H3,(H,14,18). The van der Waals surface area contributed by atoms with E-state index in [2.05, 4.69) is 15.3 Å². The molecule has 2 heterocycles. The number of nitrogens with zero attached hydrogens (tertiary/aromatic N) is 3. The molecule has 0 atom stereocenters. The molecular weight excluding hydrogens is 292 g/mol. The zero-order chi connectivity index (χ0) is 14.5. The minimum Gasteiger partial charge on any atom is -0.350 e. The predicted octanol–water partition coefficient (Wildman–Crippen LogP) is 2.16. The van der Waals surface area contributed by atoms with Gasteiger partial charge in [0.15, 0.2) is 5.16 Å². The van der Waals surface area contributed by atoms with Gasteiger partial charge < -0.3 is 9.88 Å². The number of thiazole rings is 1. The first-order valence-electron chi connectivity index (χ1n) is 6.32. The van der Waals surface area contributed by atoms with E-state index in [0.717, 1.165) is 23.0 Å². The number of carbonyl (C=O) groups is 1. The van der Waals surface area contributed by atoms with Crippen molar-refractivity contribution in [3.8, 4) is 0 Å². The molecule has 0 aliphatic rings. The molecule has 0 saturated heterocycles. The van der Waals surface area contributed by atoms with Gasteiger partial charge in [-0.3, -0.25) is 4.79 Å². The van der Waals surface area contributed by atoms with Crippen LogP contribution in [0.3, 0.4) is 0 Å². The van der Waals surface area contributed by atoms with Crippen LogP contribution in [0.4, 0.5) is 0 Å². The minimum atomic E-state index is 0.0599. The molecule has 0 radical (unpaired) electrons. The summed E-state index contributed by atoms with van der Waals surface area (Å²) in [7, 11) is 1.96. The first kappa shape index (κ1) is 15.1. The van der Waals surface area contributed by atoms with E-state index in [1.165, 1.54) is 4.88 Å². The molecule has 5 nitrogen and oxygen atoms in total. The number of aromatic nitrogens is 3. The summed E-state index contributed by atoms with van der Waals surface area (Å²) in [6.45, 7) is 2.49. The van der Waals surface area contributed by atoms with Gasteiger partial charge >= 0.3 is 0 Å². The number of aryl methyl sites for hydroxylation is 2. The highest BCUT2D eigenvalue weighted by molar-refractivity contribution is 7.98. The number of hydrogen-bond acceptors (Lipinski definition) is 5. The fourth-order valence-corrected chi connectivity index (χ4v) is 3.18. The van der Waals surface area contributed by atoms with E-state index < -0.39 is 0 Å². The van der Waals surface area contributed by atoms with Crippen LogP contribution in [0.1, 0.15) is 22.7 Å². The molecule has 20 heavy (non-hydrogen) atoms. The van der Waals surface area contributed by atoms with Crippen LogP contribution in [0.15, 0.2) is 16.9 Å². The normalized spacial score (nSPS) is 10.8. The largest absolute Gasteiger partial charge is 0.350 e. The topological polar surface area (TPSA) is 59.8 Å². The van der Waals surface area contributed by atoms with Crippen LogP contribution < -0.4 is 5.32 Å². The molecule has 2 aromatic heterocycles. The Morgan fingerprint density at radius 1 is 1.50 bits per heavy atom. The van der Waals surface area contributed by atoms with Gasteiger partial charge in [0.25, 0.3) is 0 Å². The highest BCUT2D eigenvalue weighted by Gasteiger charge is 2.09. The van der Waals surface area contributed by atoms with Gasteiger partial charge in [0.05, 0.1) is 29.6 Å². The molecule has 7 heteroatoms. The van der Waals surface area contributed by atoms with Crippen molar-refractivity contribution in [3.05, 3.63) is 28.0 Å². The Balaban J connectivity index is 1.80. The lowest BCUT2D eigenvalue weighted by molar-refractivity contribution is -0.121. The number of carbonyl (C=O) groups excluding carboxylic acids is 1. The van der Waals surface area contributed by atoms with Crippen molar-refractivity contribution in [2.45, 2.75) is 31.5 Å². The quantitative estimate of drug-likeness (QED) is 0.831. The van der Waals surface area contributed by atoms with Crippen molar-refractivity contribution in [3.63, 3.8) is 0 Å². The maximum atomic E-state index is 11.8. The van der Waals surface area contributed by atoms with E-state index >= 15 is 0 Å². The molecular formula is C13H18N4OS2. The number of nitrogens with one attached hydrogen (secondary N) is 1. The molecule has 0 unspecified atom stereocenters. The van der Waals surface area contributed by atoms with Gasteiger partial charge in [-0.05, 0) is 19.6 Å². The van der Waals surface area contributed by atoms with Gasteiger partial charge in [-0.15, -0.1) is 11.3 Å². The van der Waals surface area contributed by atoms with Crippen molar-refractivity contribution in [1.82, 2.24) is 19.9 Å². The first-order valence-corrected chi connectivity index (χ1v) is 8.42. The zero-order valence-electron chi connectivity index (χ0n) is 11.8. The molecule has 0 aliphatic carbocycles. The third kappa shape index (κ3) is 3.61. The number of thioether (sulfide) groups is 1. The zero-order valence-corrected chi connectivity index (χ0v) is 13.5. The van der Waals surface area contributed by atoms with Gasteiger partial charge in [0.1, 0.15) is 0 Å². The van der Waals surface area contributed by atoms with Crippen molar-refractivity contribution in [2.24, 2.45) is 7.05 Å². The Morgan fingerprint density at radius 2 is 2.30 bits per heavy atom. The summed E-state index contributed by atoms with van der Waals surface area (Å²) in [4.78, 5) is 21.5. The van der Waals surface area contributed by atoms with Crippen molar-refractivity contribution in [2.75, 3.05) is 6.26 Å². The molecule has 0 fully saturated rings. The summed E-state index contributed by atoms with van der Waals surface area (Å²) in [6.07, 6.45) is 5.04. The highest BCUT2D eigenvalue weighted by atomic mass is 32.2. The van der Waals surface area contributed by atoms with Crippen LogP contribution in [-0.4, -0.2) is 26.7 Å². The molecule has 0 aromatic carbocycles. The van der Waals surface area contributed by atoms with E-state index in [9.17, 15) is 4.79 Å². The summed E-state index contributed by atoms with van der Waals surface area (Å²) in [6, 6.07) is 0. The van der Waals surface area contributed by atoms with Crippen molar-refractivity contribution < 1.29 is 4.79 Å². The molecule has 1 amide bonds. The molecule has 0 saturated carbocycles. The maximum absolute atomic E-state index is 11.8. The summed E-state index contributed by atoms with van der Waals surface area (Å²) in [5, 5.41) is 3.89. The van der Waals surface area contributed by atoms with Crippen LogP contribution in [0.2, 0.25) is 0 Å². The molecule has 2 aromatic rings. The second-order valence-electron chi connectivity index (χ2n) is 4.43. The molecule has 0 aliphatic heterocycles. The molecule has 108 valence electrons. The van der Waals surface area contributed by atoms with Crippen LogP contribution >= 0.6 is 23.1 Å². The van der Waals surface area contributed by atoms with E-state index in [1.807, 2.05) is 30.3 Å². The summed E-state index contributed by atoms with van der Waals surface area (Å²) < 4.78 is 2.00. The summed E-state index contributed by atoms with van der Waals surface area (Å²) >= 11 is 3.20. The maximum Gasteiger partial charge on any atom is 0.220 e. The number of hydrogen-bond donors (Lipinski definition) is 1. The lowest BCUT2D eigenvalue weighted by atomic mass is 10.2. The van der Waals surface area contributed by atoms with Crippen LogP contribution in [-0.2, 0) is 24.8 Å². The number of amides is 1. The van der Waals surface area contributed by atoms with Gasteiger partial charge in [0, 0.05) is 18.3 Å². The van der Waals surface area contributed by atoms with Gasteiger partial charge in [-0.25, -0.2) is 9.97 Å². The Hall–Kier alpha value is -1.34. The second-order valence-corrected chi connectivity index (χ2v) is 6.15. The van der Waals surface area contributed by atoms with Gasteiger partial charge in [0.2, 0.25) is 5.91 Å². The summed E-state index contributed by atoms with van der Waals surface area (Å²) in [5.41, 5.74) is 3.86. The Labute approximate surface area is 126 Å². The molecule has 1 N–H and O–H groups in total. The molecule has 0 spiro atoms. The monoisotopic (exact) mass is 310 g/mol. The van der Waals surface area contributed by atoms with Gasteiger partial charge in [-0.1, -0.05) is 11.8 Å². The van der Waals surface area contributed by atoms with Crippen molar-refractivity contribution >= 4 is 29.0 Å². The third-order valence-electron chi connectivity index (χ3n) is 3.11. The van der Waals surface area contributed by atoms with Gasteiger partial charge in [-0.2, -0.15) is 0 Å². The predicted molar refractivity (Wildman–Crippen MR) is 82.0 cm³/mol. The fraction of sp³-hybridized carbons (Fsp3) is 0.462. The summed E-state index contributed by atoms with van der Waals surface area (Å²) in [5.74, 6) is 0.0599. The SMILES string of the molecule is CSc1ncc(CNC(=O)CCc2scnc2C)n1C. The smallest absolute Gasteiger partial charge is 0.220 e. The van der Waals surface area contributed by atoms with E-state index in [1.54, 1.807) is 29.3 Å². The lowest BCUT2D eigenvalue weighted by Crippen LogP contribution is -2.24. The van der Waals surface area contributed by atoms with Crippen LogP contribution in [0.5, 0.6) is 0 Å². The first-order chi connectivity index (χ1) is 9.61. The molecule has 0 bridgehead atoms. The average Bonchev–Trinajstić information content (AvgIpc) is 3.00. The van der Waals surface area contributed by atoms with Crippen molar-refractivity contribution in [1.29, 1.82) is 0 Å². The average molecular weight is 310 g/mol. The third-order valence-corrected chi connectivity index (χ3v) is 4.85. The number of imidazole rings is 1. The Bertz CT molecular complexity index is 591. The molecule has 2 rings (SSSR count). The lowest BCUT2D eigenvalue weighted by Gasteiger charge is -2.06. The van der Waals surface area contributed by atoms with Crippen LogP contribution in [0.25, 0.3) is 0 Å². The van der Waals surface area contributed by atoms with E-state index in [0.29, 0.717) is 13.0 Å².